The predicted octanol–water partition coefficient (Wildman–Crippen LogP) is 3.50. The Morgan fingerprint density at radius 3 is 2.00 bits per heavy atom. The molecule has 0 saturated carbocycles. The highest BCUT2D eigenvalue weighted by molar-refractivity contribution is 5.82. The lowest BCUT2D eigenvalue weighted by Crippen LogP contribution is -2.09. The molecule has 0 aliphatic heterocycles. The number of hydrogen-bond acceptors (Lipinski definition) is 3. The molecular weight excluding hydrogens is 286 g/mol. The number of ketones is 1. The number of aliphatic hydroxyl groups is 1. The summed E-state index contributed by atoms with van der Waals surface area (Å²) in [5, 5.41) is 9.94. The average molecular weight is 311 g/mol. The number of carbonyl (C=O) groups excluding carboxylic acids is 1. The van der Waals surface area contributed by atoms with E-state index in [0.29, 0.717) is 19.4 Å². The Kier molecular flexibility index (Phi) is 6.08. The first-order valence-corrected chi connectivity index (χ1v) is 8.11. The summed E-state index contributed by atoms with van der Waals surface area (Å²) in [7, 11) is 0. The van der Waals surface area contributed by atoms with E-state index in [0.717, 1.165) is 22.3 Å². The summed E-state index contributed by atoms with van der Waals surface area (Å²) in [6.07, 6.45) is 0.554. The monoisotopic (exact) mass is 311 g/mol. The zero-order chi connectivity index (χ0) is 16.8. The van der Waals surface area contributed by atoms with Crippen LogP contribution in [0.2, 0.25) is 0 Å². The van der Waals surface area contributed by atoms with Crippen LogP contribution in [0.15, 0.2) is 48.5 Å². The van der Waals surface area contributed by atoms with E-state index in [1.807, 2.05) is 62.4 Å². The van der Waals surface area contributed by atoms with Crippen molar-refractivity contribution in [2.75, 3.05) is 6.54 Å². The Balaban J connectivity index is 2.09. The van der Waals surface area contributed by atoms with E-state index in [4.69, 9.17) is 5.73 Å². The van der Waals surface area contributed by atoms with Crippen molar-refractivity contribution in [3.8, 4) is 11.1 Å². The Morgan fingerprint density at radius 1 is 1.00 bits per heavy atom. The molecule has 2 aromatic carbocycles. The second kappa shape index (κ2) is 8.04. The van der Waals surface area contributed by atoms with Crippen LogP contribution in [0, 0.1) is 5.92 Å². The summed E-state index contributed by atoms with van der Waals surface area (Å²) in [6, 6.07) is 16.0. The maximum atomic E-state index is 11.8. The third kappa shape index (κ3) is 4.75. The van der Waals surface area contributed by atoms with Crippen LogP contribution in [-0.4, -0.2) is 17.4 Å². The van der Waals surface area contributed by atoms with Crippen LogP contribution in [0.25, 0.3) is 11.1 Å². The number of hydrogen-bond donors (Lipinski definition) is 2. The molecule has 0 bridgehead atoms. The summed E-state index contributed by atoms with van der Waals surface area (Å²) >= 11 is 0. The van der Waals surface area contributed by atoms with Crippen molar-refractivity contribution < 1.29 is 9.90 Å². The number of rotatable bonds is 7. The SMILES string of the molecule is CC(C)C(=O)Cc1ccc(-c2ccc(C(O)CCN)cc2)cc1. The molecule has 2 rings (SSSR count). The Bertz CT molecular complexity index is 630. The highest BCUT2D eigenvalue weighted by atomic mass is 16.3. The largest absolute Gasteiger partial charge is 0.388 e. The van der Waals surface area contributed by atoms with Crippen LogP contribution < -0.4 is 5.73 Å². The molecule has 3 N–H and O–H groups in total. The fourth-order valence-electron chi connectivity index (χ4n) is 2.44. The number of aliphatic hydroxyl groups excluding tert-OH is 1. The van der Waals surface area contributed by atoms with Gasteiger partial charge in [0.15, 0.2) is 0 Å². The van der Waals surface area contributed by atoms with E-state index in [9.17, 15) is 9.90 Å². The number of carbonyl (C=O) groups is 1. The molecule has 0 aliphatic carbocycles. The maximum Gasteiger partial charge on any atom is 0.139 e. The van der Waals surface area contributed by atoms with Gasteiger partial charge in [-0.2, -0.15) is 0 Å². The fraction of sp³-hybridized carbons (Fsp3) is 0.350. The van der Waals surface area contributed by atoms with Gasteiger partial charge in [-0.05, 0) is 35.2 Å². The first-order valence-electron chi connectivity index (χ1n) is 8.11. The third-order valence-electron chi connectivity index (χ3n) is 4.05. The van der Waals surface area contributed by atoms with Crippen LogP contribution in [0.5, 0.6) is 0 Å². The van der Waals surface area contributed by atoms with Crippen molar-refractivity contribution in [1.82, 2.24) is 0 Å². The van der Waals surface area contributed by atoms with Gasteiger partial charge in [0.05, 0.1) is 6.10 Å². The standard InChI is InChI=1S/C20H25NO2/c1-14(2)20(23)13-15-3-5-16(6-4-15)17-7-9-18(10-8-17)19(22)11-12-21/h3-10,14,19,22H,11-13,21H2,1-2H3. The molecule has 2 aromatic rings. The van der Waals surface area contributed by atoms with Gasteiger partial charge in [0, 0.05) is 12.3 Å². The van der Waals surface area contributed by atoms with E-state index in [-0.39, 0.29) is 11.7 Å². The Labute approximate surface area is 138 Å². The quantitative estimate of drug-likeness (QED) is 0.822. The first kappa shape index (κ1) is 17.4. The van der Waals surface area contributed by atoms with Crippen LogP contribution in [0.1, 0.15) is 37.5 Å². The lowest BCUT2D eigenvalue weighted by molar-refractivity contribution is -0.121. The highest BCUT2D eigenvalue weighted by Gasteiger charge is 2.09. The van der Waals surface area contributed by atoms with Crippen molar-refractivity contribution in [2.24, 2.45) is 11.7 Å². The topological polar surface area (TPSA) is 63.3 Å². The minimum absolute atomic E-state index is 0.0715. The normalized spacial score (nSPS) is 12.4. The zero-order valence-electron chi connectivity index (χ0n) is 13.8. The molecule has 0 aromatic heterocycles. The van der Waals surface area contributed by atoms with E-state index in [1.165, 1.54) is 0 Å². The number of nitrogens with two attached hydrogens (primary N) is 1. The highest BCUT2D eigenvalue weighted by Crippen LogP contribution is 2.23. The van der Waals surface area contributed by atoms with Crippen LogP contribution >= 0.6 is 0 Å². The van der Waals surface area contributed by atoms with Crippen molar-refractivity contribution in [3.63, 3.8) is 0 Å². The van der Waals surface area contributed by atoms with Gasteiger partial charge >= 0.3 is 0 Å². The van der Waals surface area contributed by atoms with E-state index >= 15 is 0 Å². The van der Waals surface area contributed by atoms with Gasteiger partial charge in [-0.1, -0.05) is 62.4 Å². The number of Topliss-reactive ketones (excluding diaryl/α,β-unsaturated/α-hetero) is 1. The molecule has 0 fully saturated rings. The second-order valence-electron chi connectivity index (χ2n) is 6.21. The van der Waals surface area contributed by atoms with Crippen molar-refractivity contribution in [3.05, 3.63) is 59.7 Å². The minimum Gasteiger partial charge on any atom is -0.388 e. The van der Waals surface area contributed by atoms with Gasteiger partial charge in [0.1, 0.15) is 5.78 Å². The summed E-state index contributed by atoms with van der Waals surface area (Å²) < 4.78 is 0. The first-order chi connectivity index (χ1) is 11.0. The predicted molar refractivity (Wildman–Crippen MR) is 94.1 cm³/mol. The van der Waals surface area contributed by atoms with Gasteiger partial charge in [0.25, 0.3) is 0 Å². The van der Waals surface area contributed by atoms with E-state index in [1.54, 1.807) is 0 Å². The van der Waals surface area contributed by atoms with Crippen LogP contribution in [-0.2, 0) is 11.2 Å². The third-order valence-corrected chi connectivity index (χ3v) is 4.05. The Hall–Kier alpha value is -1.97. The van der Waals surface area contributed by atoms with Crippen molar-refractivity contribution in [2.45, 2.75) is 32.8 Å². The number of benzene rings is 2. The molecule has 0 saturated heterocycles. The molecule has 1 unspecified atom stereocenters. The summed E-state index contributed by atoms with van der Waals surface area (Å²) in [6.45, 7) is 4.33. The lowest BCUT2D eigenvalue weighted by Gasteiger charge is -2.11. The van der Waals surface area contributed by atoms with Gasteiger partial charge < -0.3 is 10.8 Å². The van der Waals surface area contributed by atoms with Crippen molar-refractivity contribution >= 4 is 5.78 Å². The molecule has 1 atom stereocenters. The molecule has 0 spiro atoms. The zero-order valence-corrected chi connectivity index (χ0v) is 13.8. The minimum atomic E-state index is -0.501. The molecular formula is C20H25NO2. The van der Waals surface area contributed by atoms with E-state index in [2.05, 4.69) is 0 Å². The smallest absolute Gasteiger partial charge is 0.139 e. The summed E-state index contributed by atoms with van der Waals surface area (Å²) in [5.41, 5.74) is 9.60. The Morgan fingerprint density at radius 2 is 1.52 bits per heavy atom. The van der Waals surface area contributed by atoms with E-state index < -0.39 is 6.10 Å². The molecule has 3 heteroatoms. The molecule has 0 radical (unpaired) electrons. The fourth-order valence-corrected chi connectivity index (χ4v) is 2.44. The molecule has 3 nitrogen and oxygen atoms in total. The molecule has 0 heterocycles. The van der Waals surface area contributed by atoms with Crippen molar-refractivity contribution in [1.29, 1.82) is 0 Å². The van der Waals surface area contributed by atoms with Crippen LogP contribution in [0.4, 0.5) is 0 Å². The molecule has 0 amide bonds. The van der Waals surface area contributed by atoms with Crippen LogP contribution in [0.3, 0.4) is 0 Å². The molecule has 122 valence electrons. The molecule has 0 aliphatic rings. The van der Waals surface area contributed by atoms with Gasteiger partial charge in [-0.15, -0.1) is 0 Å². The van der Waals surface area contributed by atoms with Gasteiger partial charge in [-0.25, -0.2) is 0 Å². The molecule has 23 heavy (non-hydrogen) atoms. The summed E-state index contributed by atoms with van der Waals surface area (Å²) in [4.78, 5) is 11.8. The van der Waals surface area contributed by atoms with Gasteiger partial charge in [0.2, 0.25) is 0 Å². The maximum absolute atomic E-state index is 11.8. The second-order valence-corrected chi connectivity index (χ2v) is 6.21. The average Bonchev–Trinajstić information content (AvgIpc) is 2.56. The summed E-state index contributed by atoms with van der Waals surface area (Å²) in [5.74, 6) is 0.332. The van der Waals surface area contributed by atoms with Gasteiger partial charge in [-0.3, -0.25) is 4.79 Å². The lowest BCUT2D eigenvalue weighted by atomic mass is 9.97.